The lowest BCUT2D eigenvalue weighted by Crippen LogP contribution is -2.03. The van der Waals surface area contributed by atoms with E-state index in [0.717, 1.165) is 0 Å². The Morgan fingerprint density at radius 3 is 2.40 bits per heavy atom. The largest absolute Gasteiger partial charge is 0.266 e. The Morgan fingerprint density at radius 2 is 2.00 bits per heavy atom. The van der Waals surface area contributed by atoms with Crippen molar-refractivity contribution in [3.05, 3.63) is 22.2 Å². The zero-order valence-electron chi connectivity index (χ0n) is 6.72. The molecule has 0 aromatic carbocycles. The maximum Gasteiger partial charge on any atom is 0.266 e. The molecular weight excluding hydrogens is 322 g/mol. The summed E-state index contributed by atoms with van der Waals surface area (Å²) in [4.78, 5) is 2.07. The van der Waals surface area contributed by atoms with E-state index in [1.165, 1.54) is 0 Å². The fourth-order valence-corrected chi connectivity index (χ4v) is 2.48. The molecule has 1 heterocycles. The highest BCUT2D eigenvalue weighted by Crippen LogP contribution is 2.35. The number of alkyl halides is 2. The topological polar surface area (TPSA) is 47.0 Å². The lowest BCUT2D eigenvalue weighted by Gasteiger charge is -2.07. The van der Waals surface area contributed by atoms with Crippen LogP contribution >= 0.6 is 26.6 Å². The molecular formula is C6H2BrClF3NO2S. The van der Waals surface area contributed by atoms with Crippen LogP contribution in [0.4, 0.5) is 13.2 Å². The minimum absolute atomic E-state index is 0.448. The van der Waals surface area contributed by atoms with Crippen molar-refractivity contribution in [3.8, 4) is 0 Å². The van der Waals surface area contributed by atoms with Gasteiger partial charge in [0.05, 0.1) is 16.2 Å². The zero-order valence-corrected chi connectivity index (χ0v) is 9.87. The zero-order chi connectivity index (χ0) is 11.8. The van der Waals surface area contributed by atoms with E-state index in [4.69, 9.17) is 10.7 Å². The third-order valence-electron chi connectivity index (χ3n) is 1.46. The Morgan fingerprint density at radius 1 is 1.47 bits per heavy atom. The van der Waals surface area contributed by atoms with E-state index in [9.17, 15) is 21.6 Å². The average molecular weight is 325 g/mol. The van der Waals surface area contributed by atoms with Crippen LogP contribution in [0.25, 0.3) is 0 Å². The van der Waals surface area contributed by atoms with Crippen LogP contribution in [0.5, 0.6) is 0 Å². The Bertz CT molecular complexity index is 493. The second-order valence-corrected chi connectivity index (χ2v) is 5.71. The molecule has 0 spiro atoms. The highest BCUT2D eigenvalue weighted by atomic mass is 79.9. The first-order valence-electron chi connectivity index (χ1n) is 3.32. The van der Waals surface area contributed by atoms with E-state index in [-0.39, 0.29) is 0 Å². The lowest BCUT2D eigenvalue weighted by atomic mass is 10.3. The predicted molar refractivity (Wildman–Crippen MR) is 49.9 cm³/mol. The van der Waals surface area contributed by atoms with Crippen LogP contribution in [-0.2, 0) is 9.05 Å². The Kier molecular flexibility index (Phi) is 3.62. The van der Waals surface area contributed by atoms with Crippen LogP contribution in [0, 0.1) is 5.95 Å². The standard InChI is InChI=1S/C6H2BrClF3NO2S/c7-4-3(5(9)10)2(15(8,13)14)1-12-6(4)11/h1,5H. The van der Waals surface area contributed by atoms with Crippen molar-refractivity contribution in [2.75, 3.05) is 0 Å². The van der Waals surface area contributed by atoms with Crippen molar-refractivity contribution >= 4 is 35.7 Å². The third kappa shape index (κ3) is 2.61. The first-order chi connectivity index (χ1) is 6.75. The van der Waals surface area contributed by atoms with E-state index in [0.29, 0.717) is 6.20 Å². The monoisotopic (exact) mass is 323 g/mol. The highest BCUT2D eigenvalue weighted by Gasteiger charge is 2.27. The molecule has 0 bridgehead atoms. The van der Waals surface area contributed by atoms with E-state index < -0.39 is 36.4 Å². The number of pyridine rings is 1. The lowest BCUT2D eigenvalue weighted by molar-refractivity contribution is 0.146. The van der Waals surface area contributed by atoms with Gasteiger partial charge in [-0.1, -0.05) is 0 Å². The summed E-state index contributed by atoms with van der Waals surface area (Å²) in [5.74, 6) is -1.23. The molecule has 1 rings (SSSR count). The summed E-state index contributed by atoms with van der Waals surface area (Å²) in [6.45, 7) is 0. The molecule has 0 N–H and O–H groups in total. The molecule has 0 aliphatic rings. The molecule has 0 fully saturated rings. The van der Waals surface area contributed by atoms with Gasteiger partial charge >= 0.3 is 0 Å². The molecule has 84 valence electrons. The van der Waals surface area contributed by atoms with Crippen molar-refractivity contribution in [1.82, 2.24) is 4.98 Å². The summed E-state index contributed by atoms with van der Waals surface area (Å²) in [5.41, 5.74) is -1.03. The quantitative estimate of drug-likeness (QED) is 0.621. The summed E-state index contributed by atoms with van der Waals surface area (Å²) in [6.07, 6.45) is -2.73. The molecule has 0 radical (unpaired) electrons. The van der Waals surface area contributed by atoms with Gasteiger partial charge < -0.3 is 0 Å². The number of halogens is 5. The molecule has 0 atom stereocenters. The summed E-state index contributed by atoms with van der Waals surface area (Å²) < 4.78 is 58.7. The van der Waals surface area contributed by atoms with Crippen LogP contribution in [0.2, 0.25) is 0 Å². The normalized spacial score (nSPS) is 12.1. The molecule has 0 aliphatic heterocycles. The van der Waals surface area contributed by atoms with Crippen LogP contribution < -0.4 is 0 Å². The van der Waals surface area contributed by atoms with Crippen LogP contribution in [0.1, 0.15) is 12.0 Å². The number of aromatic nitrogens is 1. The van der Waals surface area contributed by atoms with Crippen molar-refractivity contribution in [3.63, 3.8) is 0 Å². The van der Waals surface area contributed by atoms with Crippen LogP contribution in [0.15, 0.2) is 15.6 Å². The molecule has 1 aromatic rings. The van der Waals surface area contributed by atoms with Gasteiger partial charge in [-0.2, -0.15) is 4.39 Å². The van der Waals surface area contributed by atoms with Gasteiger partial charge in [-0.25, -0.2) is 22.2 Å². The molecule has 0 aliphatic carbocycles. The molecule has 0 unspecified atom stereocenters. The minimum Gasteiger partial charge on any atom is -0.226 e. The Balaban J connectivity index is 3.62. The van der Waals surface area contributed by atoms with E-state index >= 15 is 0 Å². The van der Waals surface area contributed by atoms with Gasteiger partial charge in [0.15, 0.2) is 0 Å². The van der Waals surface area contributed by atoms with Gasteiger partial charge in [-0.05, 0) is 15.9 Å². The Hall–Kier alpha value is -0.340. The number of hydrogen-bond acceptors (Lipinski definition) is 3. The second-order valence-electron chi connectivity index (χ2n) is 2.38. The molecule has 0 saturated carbocycles. The second kappa shape index (κ2) is 4.26. The highest BCUT2D eigenvalue weighted by molar-refractivity contribution is 9.10. The van der Waals surface area contributed by atoms with Gasteiger partial charge in [0.1, 0.15) is 4.90 Å². The maximum absolute atomic E-state index is 12.8. The fourth-order valence-electron chi connectivity index (χ4n) is 0.858. The van der Waals surface area contributed by atoms with Gasteiger partial charge in [0.2, 0.25) is 5.95 Å². The molecule has 0 amide bonds. The molecule has 0 saturated heterocycles. The van der Waals surface area contributed by atoms with Gasteiger partial charge in [0.25, 0.3) is 15.5 Å². The van der Waals surface area contributed by atoms with Crippen molar-refractivity contribution in [2.45, 2.75) is 11.3 Å². The van der Waals surface area contributed by atoms with Gasteiger partial charge in [-0.3, -0.25) is 0 Å². The molecule has 3 nitrogen and oxygen atoms in total. The summed E-state index contributed by atoms with van der Waals surface area (Å²) >= 11 is 2.48. The number of nitrogens with zero attached hydrogens (tertiary/aromatic N) is 1. The predicted octanol–water partition coefficient (Wildman–Crippen LogP) is 2.85. The molecule has 9 heteroatoms. The minimum atomic E-state index is -4.38. The molecule has 15 heavy (non-hydrogen) atoms. The maximum atomic E-state index is 12.8. The van der Waals surface area contributed by atoms with E-state index in [1.54, 1.807) is 0 Å². The smallest absolute Gasteiger partial charge is 0.226 e. The van der Waals surface area contributed by atoms with Gasteiger partial charge in [-0.15, -0.1) is 0 Å². The first-order valence-corrected chi connectivity index (χ1v) is 6.42. The van der Waals surface area contributed by atoms with Crippen molar-refractivity contribution in [2.24, 2.45) is 0 Å². The third-order valence-corrected chi connectivity index (χ3v) is 3.56. The van der Waals surface area contributed by atoms with Gasteiger partial charge in [0, 0.05) is 10.7 Å². The number of rotatable bonds is 2. The van der Waals surface area contributed by atoms with Crippen molar-refractivity contribution in [1.29, 1.82) is 0 Å². The molecule has 1 aromatic heterocycles. The van der Waals surface area contributed by atoms with E-state index in [1.807, 2.05) is 0 Å². The summed E-state index contributed by atoms with van der Waals surface area (Å²) in [6, 6.07) is 0. The summed E-state index contributed by atoms with van der Waals surface area (Å²) in [7, 11) is 0.503. The SMILES string of the molecule is O=S(=O)(Cl)c1cnc(F)c(Br)c1C(F)F. The van der Waals surface area contributed by atoms with Crippen LogP contribution in [0.3, 0.4) is 0 Å². The van der Waals surface area contributed by atoms with E-state index in [2.05, 4.69) is 20.9 Å². The number of hydrogen-bond donors (Lipinski definition) is 0. The van der Waals surface area contributed by atoms with Crippen molar-refractivity contribution < 1.29 is 21.6 Å². The average Bonchev–Trinajstić information content (AvgIpc) is 2.06. The Labute approximate surface area is 95.8 Å². The van der Waals surface area contributed by atoms with Crippen LogP contribution in [-0.4, -0.2) is 13.4 Å². The first kappa shape index (κ1) is 12.7. The fraction of sp³-hybridized carbons (Fsp3) is 0.167. The summed E-state index contributed by atoms with van der Waals surface area (Å²) in [5, 5.41) is 0.